The molecule has 0 aliphatic carbocycles. The number of ether oxygens (including phenoxy) is 1. The van der Waals surface area contributed by atoms with Crippen molar-refractivity contribution >= 4 is 0 Å². The first-order valence-corrected chi connectivity index (χ1v) is 6.34. The lowest BCUT2D eigenvalue weighted by Gasteiger charge is -2.45. The summed E-state index contributed by atoms with van der Waals surface area (Å²) < 4.78 is 5.93. The van der Waals surface area contributed by atoms with Crippen molar-refractivity contribution in [1.82, 2.24) is 4.90 Å². The van der Waals surface area contributed by atoms with Gasteiger partial charge in [0.2, 0.25) is 0 Å². The second-order valence-electron chi connectivity index (χ2n) is 5.52. The molecule has 0 radical (unpaired) electrons. The van der Waals surface area contributed by atoms with Crippen molar-refractivity contribution in [2.45, 2.75) is 84.7 Å². The molecule has 1 aliphatic rings. The Morgan fingerprint density at radius 3 is 1.80 bits per heavy atom. The van der Waals surface area contributed by atoms with E-state index in [0.717, 1.165) is 0 Å². The maximum absolute atomic E-state index is 5.93. The van der Waals surface area contributed by atoms with Crippen molar-refractivity contribution in [3.05, 3.63) is 0 Å². The molecule has 1 rings (SSSR count). The predicted octanol–water partition coefficient (Wildman–Crippen LogP) is 3.06. The Bertz CT molecular complexity index is 179. The van der Waals surface area contributed by atoms with Gasteiger partial charge >= 0.3 is 0 Å². The third-order valence-electron chi connectivity index (χ3n) is 3.29. The summed E-state index contributed by atoms with van der Waals surface area (Å²) in [5, 5.41) is 0. The highest BCUT2D eigenvalue weighted by molar-refractivity contribution is 4.87. The fourth-order valence-electron chi connectivity index (χ4n) is 3.05. The lowest BCUT2D eigenvalue weighted by Crippen LogP contribution is -2.52. The molecule has 0 bridgehead atoms. The van der Waals surface area contributed by atoms with Crippen molar-refractivity contribution in [3.63, 3.8) is 0 Å². The summed E-state index contributed by atoms with van der Waals surface area (Å²) in [7, 11) is 0. The van der Waals surface area contributed by atoms with Gasteiger partial charge < -0.3 is 4.74 Å². The van der Waals surface area contributed by atoms with Crippen LogP contribution in [0.25, 0.3) is 0 Å². The summed E-state index contributed by atoms with van der Waals surface area (Å²) >= 11 is 0. The number of hydrogen-bond donors (Lipinski definition) is 0. The van der Waals surface area contributed by atoms with Crippen LogP contribution < -0.4 is 0 Å². The molecule has 0 amide bonds. The van der Waals surface area contributed by atoms with E-state index in [9.17, 15) is 0 Å². The number of hydrogen-bond acceptors (Lipinski definition) is 2. The SMILES string of the molecule is CC(C)OC1C[C@@H](C)N(C(C)C)[C@@H](C)C1. The van der Waals surface area contributed by atoms with E-state index >= 15 is 0 Å². The topological polar surface area (TPSA) is 12.5 Å². The van der Waals surface area contributed by atoms with Crippen molar-refractivity contribution in [2.24, 2.45) is 0 Å². The number of likely N-dealkylation sites (tertiary alicyclic amines) is 1. The Labute approximate surface area is 95.0 Å². The Balaban J connectivity index is 2.54. The average molecular weight is 213 g/mol. The molecule has 0 spiro atoms. The Morgan fingerprint density at radius 2 is 1.47 bits per heavy atom. The predicted molar refractivity (Wildman–Crippen MR) is 65.1 cm³/mol. The summed E-state index contributed by atoms with van der Waals surface area (Å²) in [6.07, 6.45) is 3.19. The van der Waals surface area contributed by atoms with Crippen molar-refractivity contribution in [3.8, 4) is 0 Å². The van der Waals surface area contributed by atoms with Crippen LogP contribution in [0.3, 0.4) is 0 Å². The van der Waals surface area contributed by atoms with E-state index in [1.54, 1.807) is 0 Å². The number of piperidine rings is 1. The number of nitrogens with zero attached hydrogens (tertiary/aromatic N) is 1. The molecular weight excluding hydrogens is 186 g/mol. The largest absolute Gasteiger partial charge is 0.375 e. The summed E-state index contributed by atoms with van der Waals surface area (Å²) in [6.45, 7) is 13.5. The molecule has 2 nitrogen and oxygen atoms in total. The standard InChI is InChI=1S/C13H27NO/c1-9(2)14-11(5)7-13(8-12(14)6)15-10(3)4/h9-13H,7-8H2,1-6H3/t11-,12+,13?. The first-order valence-electron chi connectivity index (χ1n) is 6.34. The van der Waals surface area contributed by atoms with Crippen LogP contribution in [0.5, 0.6) is 0 Å². The highest BCUT2D eigenvalue weighted by Crippen LogP contribution is 2.27. The van der Waals surface area contributed by atoms with Crippen LogP contribution in [-0.2, 0) is 4.74 Å². The van der Waals surface area contributed by atoms with Gasteiger partial charge in [-0.05, 0) is 54.4 Å². The van der Waals surface area contributed by atoms with E-state index in [1.807, 2.05) is 0 Å². The minimum atomic E-state index is 0.361. The fourth-order valence-corrected chi connectivity index (χ4v) is 3.05. The Hall–Kier alpha value is -0.0800. The zero-order valence-corrected chi connectivity index (χ0v) is 11.2. The monoisotopic (exact) mass is 213 g/mol. The van der Waals surface area contributed by atoms with Crippen LogP contribution in [0.2, 0.25) is 0 Å². The maximum Gasteiger partial charge on any atom is 0.0608 e. The van der Waals surface area contributed by atoms with Gasteiger partial charge in [0.1, 0.15) is 0 Å². The van der Waals surface area contributed by atoms with E-state index in [0.29, 0.717) is 30.3 Å². The molecule has 3 atom stereocenters. The molecule has 1 unspecified atom stereocenters. The zero-order valence-electron chi connectivity index (χ0n) is 11.2. The Kier molecular flexibility index (Phi) is 4.60. The summed E-state index contributed by atoms with van der Waals surface area (Å²) in [5.41, 5.74) is 0. The van der Waals surface area contributed by atoms with Gasteiger partial charge in [-0.2, -0.15) is 0 Å². The van der Waals surface area contributed by atoms with Crippen LogP contribution in [0.15, 0.2) is 0 Å². The van der Waals surface area contributed by atoms with Crippen LogP contribution in [-0.4, -0.2) is 35.2 Å². The first-order chi connectivity index (χ1) is 6.91. The van der Waals surface area contributed by atoms with Gasteiger partial charge in [-0.25, -0.2) is 0 Å². The highest BCUT2D eigenvalue weighted by atomic mass is 16.5. The molecule has 90 valence electrons. The van der Waals surface area contributed by atoms with Gasteiger partial charge in [0.05, 0.1) is 12.2 Å². The maximum atomic E-state index is 5.93. The minimum absolute atomic E-state index is 0.361. The Morgan fingerprint density at radius 1 is 1.00 bits per heavy atom. The zero-order chi connectivity index (χ0) is 11.6. The molecule has 0 aromatic heterocycles. The van der Waals surface area contributed by atoms with E-state index in [2.05, 4.69) is 46.4 Å². The molecule has 1 saturated heterocycles. The normalized spacial score (nSPS) is 34.0. The quantitative estimate of drug-likeness (QED) is 0.714. The second kappa shape index (κ2) is 5.31. The fraction of sp³-hybridized carbons (Fsp3) is 1.00. The van der Waals surface area contributed by atoms with Gasteiger partial charge in [-0.3, -0.25) is 4.90 Å². The van der Waals surface area contributed by atoms with Gasteiger partial charge in [0.25, 0.3) is 0 Å². The van der Waals surface area contributed by atoms with E-state index < -0.39 is 0 Å². The molecule has 15 heavy (non-hydrogen) atoms. The molecule has 1 aliphatic heterocycles. The lowest BCUT2D eigenvalue weighted by molar-refractivity contribution is -0.0663. The van der Waals surface area contributed by atoms with Crippen molar-refractivity contribution < 1.29 is 4.74 Å². The number of rotatable bonds is 3. The van der Waals surface area contributed by atoms with E-state index in [4.69, 9.17) is 4.74 Å². The van der Waals surface area contributed by atoms with Crippen molar-refractivity contribution in [1.29, 1.82) is 0 Å². The minimum Gasteiger partial charge on any atom is -0.375 e. The van der Waals surface area contributed by atoms with Crippen LogP contribution >= 0.6 is 0 Å². The van der Waals surface area contributed by atoms with Gasteiger partial charge in [0.15, 0.2) is 0 Å². The van der Waals surface area contributed by atoms with Crippen LogP contribution in [0, 0.1) is 0 Å². The molecule has 1 fully saturated rings. The molecule has 0 saturated carbocycles. The molecular formula is C13H27NO. The second-order valence-corrected chi connectivity index (χ2v) is 5.52. The van der Waals surface area contributed by atoms with Crippen LogP contribution in [0.4, 0.5) is 0 Å². The molecule has 2 heteroatoms. The summed E-state index contributed by atoms with van der Waals surface area (Å²) in [4.78, 5) is 2.61. The van der Waals surface area contributed by atoms with Gasteiger partial charge in [-0.15, -0.1) is 0 Å². The third kappa shape index (κ3) is 3.46. The van der Waals surface area contributed by atoms with Gasteiger partial charge in [-0.1, -0.05) is 0 Å². The molecule has 0 aromatic carbocycles. The third-order valence-corrected chi connectivity index (χ3v) is 3.29. The van der Waals surface area contributed by atoms with Crippen LogP contribution in [0.1, 0.15) is 54.4 Å². The first kappa shape index (κ1) is 13.0. The summed E-state index contributed by atoms with van der Waals surface area (Å²) in [5.74, 6) is 0. The van der Waals surface area contributed by atoms with E-state index in [-0.39, 0.29) is 0 Å². The van der Waals surface area contributed by atoms with E-state index in [1.165, 1.54) is 12.8 Å². The smallest absolute Gasteiger partial charge is 0.0608 e. The van der Waals surface area contributed by atoms with Gasteiger partial charge in [0, 0.05) is 18.1 Å². The molecule has 0 aromatic rings. The average Bonchev–Trinajstić information content (AvgIpc) is 1.99. The molecule has 0 N–H and O–H groups in total. The lowest BCUT2D eigenvalue weighted by atomic mass is 9.93. The van der Waals surface area contributed by atoms with Crippen molar-refractivity contribution in [2.75, 3.05) is 0 Å². The summed E-state index contributed by atoms with van der Waals surface area (Å²) in [6, 6.07) is 1.95. The molecule has 1 heterocycles. The highest BCUT2D eigenvalue weighted by Gasteiger charge is 2.32.